The first-order valence-corrected chi connectivity index (χ1v) is 13.8. The first-order valence-electron chi connectivity index (χ1n) is 13.8. The van der Waals surface area contributed by atoms with Crippen LogP contribution in [-0.2, 0) is 37.0 Å². The molecule has 0 bridgehead atoms. The first-order chi connectivity index (χ1) is 18.1. The zero-order chi connectivity index (χ0) is 26.2. The highest BCUT2D eigenvalue weighted by molar-refractivity contribution is 5.69. The van der Waals surface area contributed by atoms with Crippen LogP contribution in [0.25, 0.3) is 0 Å². The third-order valence-electron chi connectivity index (χ3n) is 7.97. The van der Waals surface area contributed by atoms with Crippen molar-refractivity contribution in [2.75, 3.05) is 20.3 Å². The molecule has 5 heteroatoms. The quantitative estimate of drug-likeness (QED) is 0.169. The second-order valence-electron chi connectivity index (χ2n) is 10.8. The molecule has 0 spiro atoms. The SMILES string of the molecule is COC(=O)CCCC(CCC1(CC=O)CCCCC1)(COCc1ccccc1)COCc1ccccc1. The molecule has 5 nitrogen and oxygen atoms in total. The Morgan fingerprint density at radius 2 is 1.43 bits per heavy atom. The smallest absolute Gasteiger partial charge is 0.305 e. The Hall–Kier alpha value is -2.50. The zero-order valence-corrected chi connectivity index (χ0v) is 22.5. The van der Waals surface area contributed by atoms with E-state index in [9.17, 15) is 9.59 Å². The molecule has 3 rings (SSSR count). The van der Waals surface area contributed by atoms with Gasteiger partial charge in [0.25, 0.3) is 0 Å². The molecule has 1 saturated carbocycles. The first kappa shape index (κ1) is 29.1. The molecule has 37 heavy (non-hydrogen) atoms. The van der Waals surface area contributed by atoms with Gasteiger partial charge in [0.05, 0.1) is 33.5 Å². The van der Waals surface area contributed by atoms with Gasteiger partial charge in [-0.1, -0.05) is 79.9 Å². The summed E-state index contributed by atoms with van der Waals surface area (Å²) in [6.45, 7) is 2.18. The van der Waals surface area contributed by atoms with E-state index < -0.39 is 0 Å². The molecule has 1 aliphatic rings. The van der Waals surface area contributed by atoms with E-state index in [1.807, 2.05) is 36.4 Å². The van der Waals surface area contributed by atoms with Crippen molar-refractivity contribution >= 4 is 12.3 Å². The van der Waals surface area contributed by atoms with Crippen molar-refractivity contribution in [2.45, 2.75) is 83.8 Å². The largest absolute Gasteiger partial charge is 0.469 e. The standard InChI is InChI=1S/C32H44O5/c1-35-30(34)16-11-19-32(26-36-24-28-12-5-2-6-13-28,27-37-25-29-14-7-3-8-15-29)21-20-31(22-23-33)17-9-4-10-18-31/h2-3,5-8,12-15,23H,4,9-11,16-22,24-27H2,1H3. The second-order valence-corrected chi connectivity index (χ2v) is 10.8. The van der Waals surface area contributed by atoms with Crippen molar-refractivity contribution in [1.29, 1.82) is 0 Å². The number of hydrogen-bond acceptors (Lipinski definition) is 5. The van der Waals surface area contributed by atoms with Crippen LogP contribution in [0.4, 0.5) is 0 Å². The number of carbonyl (C=O) groups excluding carboxylic acids is 2. The minimum atomic E-state index is -0.245. The minimum Gasteiger partial charge on any atom is -0.469 e. The summed E-state index contributed by atoms with van der Waals surface area (Å²) in [5, 5.41) is 0. The summed E-state index contributed by atoms with van der Waals surface area (Å²) < 4.78 is 17.6. The Morgan fingerprint density at radius 3 is 1.95 bits per heavy atom. The topological polar surface area (TPSA) is 61.8 Å². The van der Waals surface area contributed by atoms with Crippen molar-refractivity contribution in [1.82, 2.24) is 0 Å². The average molecular weight is 509 g/mol. The van der Waals surface area contributed by atoms with Crippen molar-refractivity contribution in [3.05, 3.63) is 71.8 Å². The van der Waals surface area contributed by atoms with Gasteiger partial charge in [-0.15, -0.1) is 0 Å². The normalized spacial score (nSPS) is 15.3. The van der Waals surface area contributed by atoms with Gasteiger partial charge < -0.3 is 19.0 Å². The molecule has 202 valence electrons. The van der Waals surface area contributed by atoms with E-state index in [-0.39, 0.29) is 16.8 Å². The summed E-state index contributed by atoms with van der Waals surface area (Å²) in [6, 6.07) is 20.4. The Kier molecular flexibility index (Phi) is 12.3. The van der Waals surface area contributed by atoms with Crippen LogP contribution in [0, 0.1) is 10.8 Å². The molecule has 0 radical (unpaired) electrons. The van der Waals surface area contributed by atoms with Crippen LogP contribution in [0.1, 0.15) is 81.8 Å². The maximum Gasteiger partial charge on any atom is 0.305 e. The van der Waals surface area contributed by atoms with Gasteiger partial charge in [0.1, 0.15) is 6.29 Å². The van der Waals surface area contributed by atoms with Crippen molar-refractivity contribution in [3.8, 4) is 0 Å². The van der Waals surface area contributed by atoms with Crippen LogP contribution in [-0.4, -0.2) is 32.6 Å². The molecule has 1 fully saturated rings. The number of hydrogen-bond donors (Lipinski definition) is 0. The zero-order valence-electron chi connectivity index (χ0n) is 22.5. The molecule has 1 aliphatic carbocycles. The van der Waals surface area contributed by atoms with Gasteiger partial charge in [-0.3, -0.25) is 4.79 Å². The predicted molar refractivity (Wildman–Crippen MR) is 146 cm³/mol. The molecule has 0 aliphatic heterocycles. The van der Waals surface area contributed by atoms with Crippen LogP contribution in [0.2, 0.25) is 0 Å². The molecular weight excluding hydrogens is 464 g/mol. The van der Waals surface area contributed by atoms with E-state index in [1.54, 1.807) is 0 Å². The van der Waals surface area contributed by atoms with Gasteiger partial charge in [0, 0.05) is 18.3 Å². The summed E-state index contributed by atoms with van der Waals surface area (Å²) in [6.07, 6.45) is 11.4. The number of methoxy groups -OCH3 is 1. The fourth-order valence-electron chi connectivity index (χ4n) is 5.65. The summed E-state index contributed by atoms with van der Waals surface area (Å²) in [5.41, 5.74) is 2.11. The van der Waals surface area contributed by atoms with Crippen molar-refractivity contribution in [2.24, 2.45) is 10.8 Å². The van der Waals surface area contributed by atoms with E-state index in [1.165, 1.54) is 26.4 Å². The average Bonchev–Trinajstić information content (AvgIpc) is 2.94. The summed E-state index contributed by atoms with van der Waals surface area (Å²) >= 11 is 0. The number of carbonyl (C=O) groups is 2. The van der Waals surface area contributed by atoms with Crippen LogP contribution in [0.3, 0.4) is 0 Å². The lowest BCUT2D eigenvalue weighted by Gasteiger charge is -2.41. The van der Waals surface area contributed by atoms with Crippen LogP contribution in [0.15, 0.2) is 60.7 Å². The number of aldehydes is 1. The van der Waals surface area contributed by atoms with E-state index in [0.717, 1.165) is 55.9 Å². The molecule has 0 unspecified atom stereocenters. The Morgan fingerprint density at radius 1 is 0.865 bits per heavy atom. The number of benzene rings is 2. The van der Waals surface area contributed by atoms with E-state index in [4.69, 9.17) is 14.2 Å². The molecular formula is C32H44O5. The third-order valence-corrected chi connectivity index (χ3v) is 7.97. The Balaban J connectivity index is 1.75. The molecule has 0 saturated heterocycles. The van der Waals surface area contributed by atoms with Gasteiger partial charge >= 0.3 is 5.97 Å². The molecule has 0 heterocycles. The summed E-state index contributed by atoms with van der Waals surface area (Å²) in [5.74, 6) is -0.186. The Bertz CT molecular complexity index is 860. The highest BCUT2D eigenvalue weighted by Gasteiger charge is 2.37. The summed E-state index contributed by atoms with van der Waals surface area (Å²) in [7, 11) is 1.44. The molecule has 0 atom stereocenters. The molecule has 2 aromatic rings. The van der Waals surface area contributed by atoms with Crippen molar-refractivity contribution < 1.29 is 23.8 Å². The fraction of sp³-hybridized carbons (Fsp3) is 0.562. The van der Waals surface area contributed by atoms with Gasteiger partial charge in [-0.2, -0.15) is 0 Å². The van der Waals surface area contributed by atoms with Gasteiger partial charge in [-0.25, -0.2) is 0 Å². The van der Waals surface area contributed by atoms with Gasteiger partial charge in [0.2, 0.25) is 0 Å². The molecule has 0 aromatic heterocycles. The molecule has 2 aromatic carbocycles. The van der Waals surface area contributed by atoms with Gasteiger partial charge in [0.15, 0.2) is 0 Å². The third kappa shape index (κ3) is 10.1. The number of rotatable bonds is 17. The predicted octanol–water partition coefficient (Wildman–Crippen LogP) is 7.07. The number of esters is 1. The van der Waals surface area contributed by atoms with Crippen molar-refractivity contribution in [3.63, 3.8) is 0 Å². The lowest BCUT2D eigenvalue weighted by Crippen LogP contribution is -2.36. The van der Waals surface area contributed by atoms with E-state index in [2.05, 4.69) is 24.3 Å². The highest BCUT2D eigenvalue weighted by Crippen LogP contribution is 2.46. The monoisotopic (exact) mass is 508 g/mol. The maximum absolute atomic E-state index is 11.9. The van der Waals surface area contributed by atoms with Gasteiger partial charge in [-0.05, 0) is 55.1 Å². The lowest BCUT2D eigenvalue weighted by molar-refractivity contribution is -0.141. The minimum absolute atomic E-state index is 0.0759. The van der Waals surface area contributed by atoms with Crippen LogP contribution >= 0.6 is 0 Å². The van der Waals surface area contributed by atoms with Crippen LogP contribution in [0.5, 0.6) is 0 Å². The second kappa shape index (κ2) is 15.7. The maximum atomic E-state index is 11.9. The molecule has 0 N–H and O–H groups in total. The highest BCUT2D eigenvalue weighted by atomic mass is 16.5. The summed E-state index contributed by atoms with van der Waals surface area (Å²) in [4.78, 5) is 23.6. The molecule has 0 amide bonds. The van der Waals surface area contributed by atoms with Crippen LogP contribution < -0.4 is 0 Å². The van der Waals surface area contributed by atoms with E-state index >= 15 is 0 Å². The fourth-order valence-corrected chi connectivity index (χ4v) is 5.65. The lowest BCUT2D eigenvalue weighted by atomic mass is 9.66. The Labute approximate surface area is 222 Å². The number of ether oxygens (including phenoxy) is 3. The van der Waals surface area contributed by atoms with E-state index in [0.29, 0.717) is 39.3 Å².